The minimum Gasteiger partial charge on any atom is -0.421 e. The van der Waals surface area contributed by atoms with E-state index in [9.17, 15) is 4.79 Å². The predicted octanol–water partition coefficient (Wildman–Crippen LogP) is 3.95. The Bertz CT molecular complexity index is 449. The second kappa shape index (κ2) is 4.71. The van der Waals surface area contributed by atoms with Crippen LogP contribution in [0.4, 0.5) is 0 Å². The zero-order valence-electron chi connectivity index (χ0n) is 9.13. The average molecular weight is 237 g/mol. The van der Waals surface area contributed by atoms with E-state index in [1.807, 2.05) is 18.2 Å². The molecule has 0 atom stereocenters. The third-order valence-electron chi connectivity index (χ3n) is 2.58. The number of cyclic esters (lactones) is 1. The Kier molecular flexibility index (Phi) is 3.30. The first-order valence-electron chi connectivity index (χ1n) is 5.44. The first-order chi connectivity index (χ1) is 7.74. The fraction of sp³-hybridized carbons (Fsp3) is 0.308. The summed E-state index contributed by atoms with van der Waals surface area (Å²) < 4.78 is 5.20. The highest BCUT2D eigenvalue weighted by Gasteiger charge is 2.27. The summed E-state index contributed by atoms with van der Waals surface area (Å²) in [5.74, 6) is 0.232. The Morgan fingerprint density at radius 1 is 1.31 bits per heavy atom. The van der Waals surface area contributed by atoms with Gasteiger partial charge in [0, 0.05) is 5.56 Å². The van der Waals surface area contributed by atoms with Crippen LogP contribution in [0.1, 0.15) is 42.1 Å². The van der Waals surface area contributed by atoms with Gasteiger partial charge in [-0.05, 0) is 18.9 Å². The highest BCUT2D eigenvalue weighted by molar-refractivity contribution is 6.33. The van der Waals surface area contributed by atoms with Crippen molar-refractivity contribution in [2.75, 3.05) is 0 Å². The van der Waals surface area contributed by atoms with Gasteiger partial charge in [0.25, 0.3) is 0 Å². The van der Waals surface area contributed by atoms with Crippen molar-refractivity contribution in [3.63, 3.8) is 0 Å². The fourth-order valence-electron chi connectivity index (χ4n) is 1.71. The highest BCUT2D eigenvalue weighted by atomic mass is 35.5. The van der Waals surface area contributed by atoms with Crippen molar-refractivity contribution in [1.82, 2.24) is 0 Å². The van der Waals surface area contributed by atoms with Crippen LogP contribution in [0, 0.1) is 0 Å². The van der Waals surface area contributed by atoms with Crippen molar-refractivity contribution in [3.8, 4) is 0 Å². The Morgan fingerprint density at radius 3 is 2.69 bits per heavy atom. The van der Waals surface area contributed by atoms with Gasteiger partial charge in [-0.3, -0.25) is 0 Å². The molecule has 0 bridgehead atoms. The number of halogens is 1. The molecule has 0 spiro atoms. The SMILES string of the molecule is CCCC/C(Cl)=C1\OC(=O)c2ccccc21. The molecule has 1 aromatic carbocycles. The molecule has 0 unspecified atom stereocenters. The quantitative estimate of drug-likeness (QED) is 0.743. The van der Waals surface area contributed by atoms with Gasteiger partial charge in [-0.1, -0.05) is 43.1 Å². The molecule has 16 heavy (non-hydrogen) atoms. The van der Waals surface area contributed by atoms with E-state index in [-0.39, 0.29) is 5.97 Å². The van der Waals surface area contributed by atoms with E-state index in [1.54, 1.807) is 6.07 Å². The summed E-state index contributed by atoms with van der Waals surface area (Å²) in [6.45, 7) is 2.10. The van der Waals surface area contributed by atoms with Crippen molar-refractivity contribution >= 4 is 23.3 Å². The fourth-order valence-corrected chi connectivity index (χ4v) is 1.98. The summed E-state index contributed by atoms with van der Waals surface area (Å²) in [6.07, 6.45) is 2.83. The molecular weight excluding hydrogens is 224 g/mol. The van der Waals surface area contributed by atoms with Crippen LogP contribution in [0.3, 0.4) is 0 Å². The van der Waals surface area contributed by atoms with Crippen LogP contribution in [0.2, 0.25) is 0 Å². The van der Waals surface area contributed by atoms with Crippen molar-refractivity contribution in [1.29, 1.82) is 0 Å². The molecule has 1 aliphatic heterocycles. The summed E-state index contributed by atoms with van der Waals surface area (Å²) in [5, 5.41) is 0.639. The van der Waals surface area contributed by atoms with Crippen LogP contribution in [0.15, 0.2) is 29.3 Å². The van der Waals surface area contributed by atoms with E-state index in [4.69, 9.17) is 16.3 Å². The number of allylic oxidation sites excluding steroid dienone is 1. The molecule has 0 aromatic heterocycles. The minimum atomic E-state index is -0.305. The number of carbonyl (C=O) groups excluding carboxylic acids is 1. The van der Waals surface area contributed by atoms with E-state index in [1.165, 1.54) is 0 Å². The lowest BCUT2D eigenvalue weighted by Crippen LogP contribution is -1.92. The number of hydrogen-bond acceptors (Lipinski definition) is 2. The number of fused-ring (bicyclic) bond motifs is 1. The topological polar surface area (TPSA) is 26.3 Å². The first kappa shape index (κ1) is 11.2. The summed E-state index contributed by atoms with van der Waals surface area (Å²) in [5.41, 5.74) is 1.42. The van der Waals surface area contributed by atoms with Gasteiger partial charge >= 0.3 is 5.97 Å². The number of hydrogen-bond donors (Lipinski definition) is 0. The van der Waals surface area contributed by atoms with Crippen LogP contribution in [0.5, 0.6) is 0 Å². The largest absolute Gasteiger partial charge is 0.421 e. The molecule has 1 aliphatic rings. The van der Waals surface area contributed by atoms with Gasteiger partial charge in [0.15, 0.2) is 5.76 Å². The number of carbonyl (C=O) groups is 1. The van der Waals surface area contributed by atoms with Gasteiger partial charge in [-0.25, -0.2) is 4.79 Å². The number of benzene rings is 1. The van der Waals surface area contributed by atoms with Gasteiger partial charge in [-0.15, -0.1) is 0 Å². The standard InChI is InChI=1S/C13H13ClO2/c1-2-3-8-11(14)12-9-6-4-5-7-10(9)13(15)16-12/h4-7H,2-3,8H2,1H3/b12-11+. The van der Waals surface area contributed by atoms with Gasteiger partial charge in [0.2, 0.25) is 0 Å². The number of ether oxygens (including phenoxy) is 1. The summed E-state index contributed by atoms with van der Waals surface area (Å²) in [6, 6.07) is 7.33. The molecule has 1 aromatic rings. The summed E-state index contributed by atoms with van der Waals surface area (Å²) >= 11 is 6.16. The first-order valence-corrected chi connectivity index (χ1v) is 5.82. The molecule has 3 heteroatoms. The van der Waals surface area contributed by atoms with Crippen molar-refractivity contribution < 1.29 is 9.53 Å². The number of unbranched alkanes of at least 4 members (excludes halogenated alkanes) is 1. The third-order valence-corrected chi connectivity index (χ3v) is 2.94. The predicted molar refractivity (Wildman–Crippen MR) is 64.2 cm³/mol. The van der Waals surface area contributed by atoms with E-state index in [0.717, 1.165) is 24.8 Å². The van der Waals surface area contributed by atoms with E-state index >= 15 is 0 Å². The van der Waals surface area contributed by atoms with Gasteiger partial charge < -0.3 is 4.74 Å². The molecule has 0 saturated heterocycles. The molecular formula is C13H13ClO2. The van der Waals surface area contributed by atoms with Crippen LogP contribution >= 0.6 is 11.6 Å². The molecule has 1 heterocycles. The second-order valence-corrected chi connectivity index (χ2v) is 4.23. The normalized spacial score (nSPS) is 17.0. The lowest BCUT2D eigenvalue weighted by molar-refractivity contribution is 0.0715. The van der Waals surface area contributed by atoms with Gasteiger partial charge in [0.05, 0.1) is 10.6 Å². The van der Waals surface area contributed by atoms with Crippen LogP contribution < -0.4 is 0 Å². The molecule has 2 rings (SSSR count). The second-order valence-electron chi connectivity index (χ2n) is 3.77. The average Bonchev–Trinajstić information content (AvgIpc) is 2.65. The Balaban J connectivity index is 2.36. The molecule has 2 nitrogen and oxygen atoms in total. The van der Waals surface area contributed by atoms with Crippen LogP contribution in [-0.2, 0) is 4.74 Å². The Morgan fingerprint density at radius 2 is 2.00 bits per heavy atom. The molecule has 0 amide bonds. The van der Waals surface area contributed by atoms with E-state index < -0.39 is 0 Å². The third kappa shape index (κ3) is 1.98. The number of rotatable bonds is 3. The molecule has 84 valence electrons. The monoisotopic (exact) mass is 236 g/mol. The molecule has 0 aliphatic carbocycles. The molecule has 0 N–H and O–H groups in total. The van der Waals surface area contributed by atoms with Crippen LogP contribution in [0.25, 0.3) is 5.76 Å². The zero-order chi connectivity index (χ0) is 11.5. The highest BCUT2D eigenvalue weighted by Crippen LogP contribution is 2.34. The minimum absolute atomic E-state index is 0.305. The Labute approximate surface area is 99.9 Å². The van der Waals surface area contributed by atoms with Crippen LogP contribution in [-0.4, -0.2) is 5.97 Å². The molecule has 0 radical (unpaired) electrons. The van der Waals surface area contributed by atoms with Gasteiger partial charge in [0.1, 0.15) is 0 Å². The van der Waals surface area contributed by atoms with Crippen molar-refractivity contribution in [2.45, 2.75) is 26.2 Å². The number of esters is 1. The maximum Gasteiger partial charge on any atom is 0.344 e. The smallest absolute Gasteiger partial charge is 0.344 e. The van der Waals surface area contributed by atoms with E-state index in [2.05, 4.69) is 6.92 Å². The summed E-state index contributed by atoms with van der Waals surface area (Å²) in [7, 11) is 0. The van der Waals surface area contributed by atoms with E-state index in [0.29, 0.717) is 16.4 Å². The summed E-state index contributed by atoms with van der Waals surface area (Å²) in [4.78, 5) is 11.5. The maximum atomic E-state index is 11.5. The Hall–Kier alpha value is -1.28. The maximum absolute atomic E-state index is 11.5. The molecule has 0 saturated carbocycles. The van der Waals surface area contributed by atoms with Crippen molar-refractivity contribution in [3.05, 3.63) is 40.4 Å². The lowest BCUT2D eigenvalue weighted by atomic mass is 10.1. The zero-order valence-corrected chi connectivity index (χ0v) is 9.88. The lowest BCUT2D eigenvalue weighted by Gasteiger charge is -2.02. The molecule has 0 fully saturated rings. The van der Waals surface area contributed by atoms with Crippen molar-refractivity contribution in [2.24, 2.45) is 0 Å². The van der Waals surface area contributed by atoms with Gasteiger partial charge in [-0.2, -0.15) is 0 Å².